The van der Waals surface area contributed by atoms with Crippen molar-refractivity contribution in [1.29, 1.82) is 0 Å². The second-order valence-corrected chi connectivity index (χ2v) is 6.14. The minimum Gasteiger partial charge on any atom is -0.357 e. The average Bonchev–Trinajstić information content (AvgIpc) is 2.49. The quantitative estimate of drug-likeness (QED) is 0.447. The molecule has 24 heavy (non-hydrogen) atoms. The maximum atomic E-state index is 11.9. The lowest BCUT2D eigenvalue weighted by Gasteiger charge is -2.21. The Morgan fingerprint density at radius 3 is 2.54 bits per heavy atom. The zero-order valence-corrected chi connectivity index (χ0v) is 14.6. The summed E-state index contributed by atoms with van der Waals surface area (Å²) in [7, 11) is 0. The van der Waals surface area contributed by atoms with Gasteiger partial charge in [0.2, 0.25) is 11.8 Å². The predicted molar refractivity (Wildman–Crippen MR) is 94.7 cm³/mol. The highest BCUT2D eigenvalue weighted by Crippen LogP contribution is 2.01. The van der Waals surface area contributed by atoms with Gasteiger partial charge in [0.05, 0.1) is 18.4 Å². The van der Waals surface area contributed by atoms with Crippen LogP contribution < -0.4 is 21.3 Å². The Morgan fingerprint density at radius 1 is 1.21 bits per heavy atom. The van der Waals surface area contributed by atoms with Crippen LogP contribution in [0.1, 0.15) is 27.7 Å². The summed E-state index contributed by atoms with van der Waals surface area (Å²) in [5.41, 5.74) is 0.318. The van der Waals surface area contributed by atoms with Gasteiger partial charge in [-0.15, -0.1) is 0 Å². The molecule has 0 fully saturated rings. The molecule has 0 saturated carbocycles. The molecule has 0 spiro atoms. The molecular weight excluding hydrogens is 308 g/mol. The number of aromatic nitrogens is 1. The van der Waals surface area contributed by atoms with Crippen LogP contribution in [-0.4, -0.2) is 47.9 Å². The molecule has 1 rings (SSSR count). The van der Waals surface area contributed by atoms with E-state index in [1.165, 1.54) is 0 Å². The molecule has 1 heterocycles. The lowest BCUT2D eigenvalue weighted by atomic mass is 10.1. The van der Waals surface area contributed by atoms with E-state index >= 15 is 0 Å². The molecule has 8 nitrogen and oxygen atoms in total. The number of amides is 2. The standard InChI is InChI=1S/C16H26N6O2/c1-5-18-15(20-11-14(24)22-16(2,3)4)19-10-13(23)21-12-7-6-8-17-9-12/h6-9H,5,10-11H2,1-4H3,(H,21,23)(H,22,24)(H2,18,19,20). The maximum Gasteiger partial charge on any atom is 0.246 e. The molecule has 0 unspecified atom stereocenters. The van der Waals surface area contributed by atoms with Gasteiger partial charge in [-0.1, -0.05) is 0 Å². The lowest BCUT2D eigenvalue weighted by Crippen LogP contribution is -2.48. The smallest absolute Gasteiger partial charge is 0.246 e. The van der Waals surface area contributed by atoms with E-state index in [-0.39, 0.29) is 30.4 Å². The first-order chi connectivity index (χ1) is 11.3. The van der Waals surface area contributed by atoms with Gasteiger partial charge in [0, 0.05) is 18.3 Å². The molecule has 1 aromatic heterocycles. The molecule has 2 amide bonds. The summed E-state index contributed by atoms with van der Waals surface area (Å²) in [5, 5.41) is 11.4. The molecule has 0 bridgehead atoms. The Kier molecular flexibility index (Phi) is 7.67. The predicted octanol–water partition coefficient (Wildman–Crippen LogP) is 0.490. The molecular formula is C16H26N6O2. The molecule has 1 aromatic rings. The summed E-state index contributed by atoms with van der Waals surface area (Å²) < 4.78 is 0. The molecule has 0 aromatic carbocycles. The van der Waals surface area contributed by atoms with E-state index < -0.39 is 0 Å². The summed E-state index contributed by atoms with van der Waals surface area (Å²) >= 11 is 0. The van der Waals surface area contributed by atoms with E-state index in [0.29, 0.717) is 18.2 Å². The second-order valence-electron chi connectivity index (χ2n) is 6.14. The number of nitrogens with zero attached hydrogens (tertiary/aromatic N) is 2. The Balaban J connectivity index is 2.49. The van der Waals surface area contributed by atoms with Crippen LogP contribution in [0.3, 0.4) is 0 Å². The zero-order valence-electron chi connectivity index (χ0n) is 14.6. The second kappa shape index (κ2) is 9.49. The van der Waals surface area contributed by atoms with E-state index in [9.17, 15) is 9.59 Å². The Hall–Kier alpha value is -2.64. The first-order valence-corrected chi connectivity index (χ1v) is 7.83. The summed E-state index contributed by atoms with van der Waals surface area (Å²) in [4.78, 5) is 31.8. The summed E-state index contributed by atoms with van der Waals surface area (Å²) in [5.74, 6) is -0.00448. The van der Waals surface area contributed by atoms with Crippen LogP contribution in [0.5, 0.6) is 0 Å². The third-order valence-corrected chi connectivity index (χ3v) is 2.60. The van der Waals surface area contributed by atoms with E-state index in [1.54, 1.807) is 24.5 Å². The van der Waals surface area contributed by atoms with Gasteiger partial charge < -0.3 is 21.3 Å². The van der Waals surface area contributed by atoms with Crippen LogP contribution in [0.15, 0.2) is 29.5 Å². The molecule has 0 radical (unpaired) electrons. The van der Waals surface area contributed by atoms with Crippen LogP contribution in [0, 0.1) is 0 Å². The van der Waals surface area contributed by atoms with Gasteiger partial charge in [-0.2, -0.15) is 0 Å². The van der Waals surface area contributed by atoms with Crippen molar-refractivity contribution in [2.24, 2.45) is 4.99 Å². The normalized spacial score (nSPS) is 11.6. The van der Waals surface area contributed by atoms with Gasteiger partial charge in [0.15, 0.2) is 5.96 Å². The fourth-order valence-electron chi connectivity index (χ4n) is 1.76. The molecule has 0 atom stereocenters. The van der Waals surface area contributed by atoms with Crippen LogP contribution in [0.25, 0.3) is 0 Å². The van der Waals surface area contributed by atoms with Crippen LogP contribution in [0.4, 0.5) is 5.69 Å². The van der Waals surface area contributed by atoms with E-state index in [2.05, 4.69) is 31.2 Å². The molecule has 8 heteroatoms. The Bertz CT molecular complexity index is 566. The van der Waals surface area contributed by atoms with Gasteiger partial charge >= 0.3 is 0 Å². The largest absolute Gasteiger partial charge is 0.357 e. The molecule has 0 aliphatic rings. The number of nitrogens with one attached hydrogen (secondary N) is 4. The highest BCUT2D eigenvalue weighted by molar-refractivity contribution is 5.94. The fraction of sp³-hybridized carbons (Fsp3) is 0.500. The van der Waals surface area contributed by atoms with Crippen molar-refractivity contribution >= 4 is 23.5 Å². The van der Waals surface area contributed by atoms with Crippen LogP contribution in [0.2, 0.25) is 0 Å². The molecule has 4 N–H and O–H groups in total. The van der Waals surface area contributed by atoms with Gasteiger partial charge in [0.1, 0.15) is 6.54 Å². The number of hydrogen-bond donors (Lipinski definition) is 4. The number of carbonyl (C=O) groups is 2. The lowest BCUT2D eigenvalue weighted by molar-refractivity contribution is -0.121. The molecule has 0 saturated heterocycles. The fourth-order valence-corrected chi connectivity index (χ4v) is 1.76. The van der Waals surface area contributed by atoms with Crippen molar-refractivity contribution in [2.75, 3.05) is 25.0 Å². The first-order valence-electron chi connectivity index (χ1n) is 7.83. The summed E-state index contributed by atoms with van der Waals surface area (Å²) in [6.07, 6.45) is 3.19. The van der Waals surface area contributed by atoms with Crippen molar-refractivity contribution < 1.29 is 9.59 Å². The topological polar surface area (TPSA) is 108 Å². The van der Waals surface area contributed by atoms with E-state index in [1.807, 2.05) is 27.7 Å². The first kappa shape index (κ1) is 19.4. The number of rotatable bonds is 6. The maximum absolute atomic E-state index is 11.9. The van der Waals surface area contributed by atoms with E-state index in [4.69, 9.17) is 0 Å². The number of aliphatic imine (C=N–C) groups is 1. The van der Waals surface area contributed by atoms with Crippen LogP contribution in [-0.2, 0) is 9.59 Å². The summed E-state index contributed by atoms with van der Waals surface area (Å²) in [6, 6.07) is 3.48. The van der Waals surface area contributed by atoms with E-state index in [0.717, 1.165) is 0 Å². The highest BCUT2D eigenvalue weighted by Gasteiger charge is 2.13. The third-order valence-electron chi connectivity index (χ3n) is 2.60. The number of carbonyl (C=O) groups excluding carboxylic acids is 2. The Labute approximate surface area is 142 Å². The van der Waals surface area contributed by atoms with Gasteiger partial charge in [-0.3, -0.25) is 14.6 Å². The van der Waals surface area contributed by atoms with Crippen molar-refractivity contribution in [3.8, 4) is 0 Å². The number of anilines is 1. The van der Waals surface area contributed by atoms with Gasteiger partial charge in [-0.25, -0.2) is 4.99 Å². The number of pyridine rings is 1. The monoisotopic (exact) mass is 334 g/mol. The zero-order chi connectivity index (χ0) is 18.0. The summed E-state index contributed by atoms with van der Waals surface area (Å²) in [6.45, 7) is 8.27. The highest BCUT2D eigenvalue weighted by atomic mass is 16.2. The van der Waals surface area contributed by atoms with Gasteiger partial charge in [0.25, 0.3) is 0 Å². The van der Waals surface area contributed by atoms with Crippen molar-refractivity contribution in [2.45, 2.75) is 33.2 Å². The van der Waals surface area contributed by atoms with Crippen molar-refractivity contribution in [1.82, 2.24) is 20.9 Å². The molecule has 132 valence electrons. The molecule has 0 aliphatic heterocycles. The SMILES string of the molecule is CCNC(=NCC(=O)Nc1cccnc1)NCC(=O)NC(C)(C)C. The van der Waals surface area contributed by atoms with Crippen LogP contribution >= 0.6 is 0 Å². The average molecular weight is 334 g/mol. The van der Waals surface area contributed by atoms with Gasteiger partial charge in [-0.05, 0) is 39.8 Å². The van der Waals surface area contributed by atoms with Crippen molar-refractivity contribution in [3.63, 3.8) is 0 Å². The van der Waals surface area contributed by atoms with Crippen molar-refractivity contribution in [3.05, 3.63) is 24.5 Å². The molecule has 0 aliphatic carbocycles. The minimum absolute atomic E-state index is 0.0644. The Morgan fingerprint density at radius 2 is 1.96 bits per heavy atom. The number of guanidine groups is 1. The minimum atomic E-state index is -0.294. The number of hydrogen-bond acceptors (Lipinski definition) is 4. The third kappa shape index (κ3) is 8.72.